The lowest BCUT2D eigenvalue weighted by Gasteiger charge is -2.14. The molecule has 0 saturated heterocycles. The minimum Gasteiger partial charge on any atom is -0.357 e. The van der Waals surface area contributed by atoms with E-state index in [-0.39, 0.29) is 24.0 Å². The Morgan fingerprint density at radius 3 is 2.30 bits per heavy atom. The first-order valence-corrected chi connectivity index (χ1v) is 10.1. The molecule has 2 rings (SSSR count). The SMILES string of the molecule is CCNC(=NCc1ccccc1CN(C)C)NCCSc1ccccc1.I. The van der Waals surface area contributed by atoms with Crippen LogP contribution in [0.1, 0.15) is 18.1 Å². The zero-order valence-corrected chi connectivity index (χ0v) is 19.6. The van der Waals surface area contributed by atoms with Crippen molar-refractivity contribution in [2.24, 2.45) is 4.99 Å². The summed E-state index contributed by atoms with van der Waals surface area (Å²) >= 11 is 1.85. The van der Waals surface area contributed by atoms with Crippen LogP contribution in [0.15, 0.2) is 64.5 Å². The average molecular weight is 498 g/mol. The van der Waals surface area contributed by atoms with Gasteiger partial charge in [-0.15, -0.1) is 35.7 Å². The third kappa shape index (κ3) is 9.48. The van der Waals surface area contributed by atoms with Crippen LogP contribution in [0.5, 0.6) is 0 Å². The minimum atomic E-state index is 0. The summed E-state index contributed by atoms with van der Waals surface area (Å²) in [5.41, 5.74) is 2.61. The van der Waals surface area contributed by atoms with Gasteiger partial charge in [-0.05, 0) is 44.3 Å². The Morgan fingerprint density at radius 2 is 1.63 bits per heavy atom. The van der Waals surface area contributed by atoms with Gasteiger partial charge in [0.15, 0.2) is 5.96 Å². The van der Waals surface area contributed by atoms with Crippen molar-refractivity contribution in [1.82, 2.24) is 15.5 Å². The van der Waals surface area contributed by atoms with Crippen LogP contribution < -0.4 is 10.6 Å². The monoisotopic (exact) mass is 498 g/mol. The molecule has 0 heterocycles. The van der Waals surface area contributed by atoms with Crippen LogP contribution in [-0.4, -0.2) is 43.8 Å². The van der Waals surface area contributed by atoms with Gasteiger partial charge in [-0.1, -0.05) is 42.5 Å². The number of nitrogens with zero attached hydrogens (tertiary/aromatic N) is 2. The number of thioether (sulfide) groups is 1. The molecule has 0 aliphatic heterocycles. The zero-order chi connectivity index (χ0) is 18.6. The number of nitrogens with one attached hydrogen (secondary N) is 2. The van der Waals surface area contributed by atoms with E-state index in [0.717, 1.165) is 31.3 Å². The summed E-state index contributed by atoms with van der Waals surface area (Å²) in [6.45, 7) is 5.45. The molecule has 0 aliphatic rings. The molecule has 0 amide bonds. The third-order valence-electron chi connectivity index (χ3n) is 3.76. The molecule has 2 aromatic rings. The molecule has 4 nitrogen and oxygen atoms in total. The van der Waals surface area contributed by atoms with Crippen LogP contribution in [0.4, 0.5) is 0 Å². The van der Waals surface area contributed by atoms with Crippen LogP contribution in [0.25, 0.3) is 0 Å². The van der Waals surface area contributed by atoms with Crippen molar-refractivity contribution in [2.45, 2.75) is 24.9 Å². The normalized spacial score (nSPS) is 11.2. The molecule has 2 N–H and O–H groups in total. The van der Waals surface area contributed by atoms with Crippen molar-refractivity contribution in [3.8, 4) is 0 Å². The van der Waals surface area contributed by atoms with Crippen molar-refractivity contribution < 1.29 is 0 Å². The van der Waals surface area contributed by atoms with E-state index in [1.165, 1.54) is 16.0 Å². The number of rotatable bonds is 9. The maximum absolute atomic E-state index is 4.76. The summed E-state index contributed by atoms with van der Waals surface area (Å²) in [4.78, 5) is 8.25. The summed E-state index contributed by atoms with van der Waals surface area (Å²) in [6.07, 6.45) is 0. The molecule has 0 spiro atoms. The Bertz CT molecular complexity index is 677. The first-order valence-electron chi connectivity index (χ1n) is 9.10. The smallest absolute Gasteiger partial charge is 0.191 e. The lowest BCUT2D eigenvalue weighted by atomic mass is 10.1. The Balaban J connectivity index is 0.00000364. The van der Waals surface area contributed by atoms with Crippen LogP contribution in [0, 0.1) is 0 Å². The maximum atomic E-state index is 4.76. The topological polar surface area (TPSA) is 39.7 Å². The van der Waals surface area contributed by atoms with Gasteiger partial charge in [-0.25, -0.2) is 4.99 Å². The molecule has 0 saturated carbocycles. The lowest BCUT2D eigenvalue weighted by Crippen LogP contribution is -2.38. The van der Waals surface area contributed by atoms with Crippen molar-refractivity contribution in [2.75, 3.05) is 32.9 Å². The Morgan fingerprint density at radius 1 is 0.963 bits per heavy atom. The average Bonchev–Trinajstić information content (AvgIpc) is 2.64. The van der Waals surface area contributed by atoms with Crippen LogP contribution in [0.2, 0.25) is 0 Å². The van der Waals surface area contributed by atoms with Gasteiger partial charge < -0.3 is 15.5 Å². The number of hydrogen-bond donors (Lipinski definition) is 2. The van der Waals surface area contributed by atoms with E-state index in [9.17, 15) is 0 Å². The molecular weight excluding hydrogens is 467 g/mol. The predicted molar refractivity (Wildman–Crippen MR) is 129 cm³/mol. The van der Waals surface area contributed by atoms with Gasteiger partial charge in [0.1, 0.15) is 0 Å². The molecule has 0 aromatic heterocycles. The molecule has 148 valence electrons. The highest BCUT2D eigenvalue weighted by atomic mass is 127. The highest BCUT2D eigenvalue weighted by Crippen LogP contribution is 2.15. The van der Waals surface area contributed by atoms with E-state index in [0.29, 0.717) is 6.54 Å². The lowest BCUT2D eigenvalue weighted by molar-refractivity contribution is 0.401. The fourth-order valence-corrected chi connectivity index (χ4v) is 3.36. The van der Waals surface area contributed by atoms with E-state index >= 15 is 0 Å². The van der Waals surface area contributed by atoms with E-state index in [1.54, 1.807) is 0 Å². The second-order valence-electron chi connectivity index (χ2n) is 6.29. The molecule has 0 unspecified atom stereocenters. The van der Waals surface area contributed by atoms with Gasteiger partial charge >= 0.3 is 0 Å². The van der Waals surface area contributed by atoms with Crippen molar-refractivity contribution >= 4 is 41.7 Å². The van der Waals surface area contributed by atoms with Gasteiger partial charge in [0, 0.05) is 30.3 Å². The number of hydrogen-bond acceptors (Lipinski definition) is 3. The Labute approximate surface area is 185 Å². The van der Waals surface area contributed by atoms with Gasteiger partial charge in [0.05, 0.1) is 6.54 Å². The van der Waals surface area contributed by atoms with Crippen molar-refractivity contribution in [1.29, 1.82) is 0 Å². The standard InChI is InChI=1S/C21H30N4S.HI/c1-4-22-21(23-14-15-26-20-12-6-5-7-13-20)24-16-18-10-8-9-11-19(18)17-25(2)3;/h5-13H,4,14-17H2,1-3H3,(H2,22,23,24);1H. The van der Waals surface area contributed by atoms with Gasteiger partial charge in [-0.2, -0.15) is 0 Å². The molecule has 27 heavy (non-hydrogen) atoms. The Kier molecular flexibility index (Phi) is 12.2. The van der Waals surface area contributed by atoms with Crippen LogP contribution in [-0.2, 0) is 13.1 Å². The first-order chi connectivity index (χ1) is 12.7. The molecule has 0 bridgehead atoms. The number of halogens is 1. The summed E-state index contributed by atoms with van der Waals surface area (Å²) < 4.78 is 0. The van der Waals surface area contributed by atoms with Crippen molar-refractivity contribution in [3.63, 3.8) is 0 Å². The third-order valence-corrected chi connectivity index (χ3v) is 4.78. The molecule has 0 fully saturated rings. The minimum absolute atomic E-state index is 0. The molecule has 6 heteroatoms. The fourth-order valence-electron chi connectivity index (χ4n) is 2.57. The summed E-state index contributed by atoms with van der Waals surface area (Å²) in [6, 6.07) is 19.0. The zero-order valence-electron chi connectivity index (χ0n) is 16.4. The highest BCUT2D eigenvalue weighted by molar-refractivity contribution is 14.0. The second kappa shape index (κ2) is 13.8. The molecule has 0 aliphatic carbocycles. The van der Waals surface area contributed by atoms with Gasteiger partial charge in [0.2, 0.25) is 0 Å². The largest absolute Gasteiger partial charge is 0.357 e. The van der Waals surface area contributed by atoms with Gasteiger partial charge in [0.25, 0.3) is 0 Å². The quantitative estimate of drug-likeness (QED) is 0.179. The molecular formula is C21H31IN4S. The number of guanidine groups is 1. The summed E-state index contributed by atoms with van der Waals surface area (Å²) in [7, 11) is 4.19. The number of aliphatic imine (C=N–C) groups is 1. The van der Waals surface area contributed by atoms with E-state index in [4.69, 9.17) is 4.99 Å². The molecule has 0 radical (unpaired) electrons. The van der Waals surface area contributed by atoms with Crippen LogP contribution in [0.3, 0.4) is 0 Å². The highest BCUT2D eigenvalue weighted by Gasteiger charge is 2.04. The fraction of sp³-hybridized carbons (Fsp3) is 0.381. The molecule has 0 atom stereocenters. The summed E-state index contributed by atoms with van der Waals surface area (Å²) in [5.74, 6) is 1.88. The van der Waals surface area contributed by atoms with Crippen LogP contribution >= 0.6 is 35.7 Å². The maximum Gasteiger partial charge on any atom is 0.191 e. The van der Waals surface area contributed by atoms with E-state index in [2.05, 4.69) is 85.1 Å². The van der Waals surface area contributed by atoms with Crippen molar-refractivity contribution in [3.05, 3.63) is 65.7 Å². The first kappa shape index (κ1) is 23.8. The Hall–Kier alpha value is -1.25. The van der Waals surface area contributed by atoms with E-state index < -0.39 is 0 Å². The molecule has 2 aromatic carbocycles. The number of benzene rings is 2. The van der Waals surface area contributed by atoms with Gasteiger partial charge in [-0.3, -0.25) is 0 Å². The summed E-state index contributed by atoms with van der Waals surface area (Å²) in [5, 5.41) is 6.76. The van der Waals surface area contributed by atoms with E-state index in [1.807, 2.05) is 17.8 Å². The predicted octanol–water partition coefficient (Wildman–Crippen LogP) is 4.21. The second-order valence-corrected chi connectivity index (χ2v) is 7.46.